The second kappa shape index (κ2) is 23.4. The number of aromatic nitrogens is 3. The van der Waals surface area contributed by atoms with Crippen LogP contribution in [0.15, 0.2) is 332 Å². The summed E-state index contributed by atoms with van der Waals surface area (Å²) in [7, 11) is 0. The van der Waals surface area contributed by atoms with Crippen LogP contribution in [0.25, 0.3) is 133 Å². The first-order chi connectivity index (χ1) is 50.9. The summed E-state index contributed by atoms with van der Waals surface area (Å²) in [6, 6.07) is 122. The highest BCUT2D eigenvalue weighted by Gasteiger charge is 2.46. The molecule has 14 aromatic carbocycles. The van der Waals surface area contributed by atoms with Gasteiger partial charge in [0.05, 0.1) is 44.8 Å². The maximum Gasteiger partial charge on any atom is 0.252 e. The van der Waals surface area contributed by atoms with Gasteiger partial charge in [-0.3, -0.25) is 4.57 Å². The van der Waals surface area contributed by atoms with Crippen LogP contribution in [-0.4, -0.2) is 20.8 Å². The van der Waals surface area contributed by atoms with E-state index in [1.807, 2.05) is 0 Å². The summed E-state index contributed by atoms with van der Waals surface area (Å²) in [5, 5.41) is 6.76. The van der Waals surface area contributed by atoms with Crippen LogP contribution in [0, 0.1) is 0 Å². The summed E-state index contributed by atoms with van der Waals surface area (Å²) in [4.78, 5) is 11.4. The summed E-state index contributed by atoms with van der Waals surface area (Å²) in [5.41, 5.74) is 30.6. The van der Waals surface area contributed by atoms with Gasteiger partial charge in [0.15, 0.2) is 0 Å². The van der Waals surface area contributed by atoms with Gasteiger partial charge in [0.25, 0.3) is 6.71 Å². The van der Waals surface area contributed by atoms with E-state index >= 15 is 0 Å². The summed E-state index contributed by atoms with van der Waals surface area (Å²) < 4.78 is 11.5. The van der Waals surface area contributed by atoms with Crippen molar-refractivity contribution in [3.63, 3.8) is 0 Å². The second-order valence-electron chi connectivity index (χ2n) is 30.2. The second-order valence-corrected chi connectivity index (χ2v) is 30.2. The van der Waals surface area contributed by atoms with E-state index in [2.05, 4.69) is 388 Å². The normalized spacial score (nSPS) is 12.8. The Morgan fingerprint density at radius 1 is 0.298 bits per heavy atom. The summed E-state index contributed by atoms with van der Waals surface area (Å²) in [6.07, 6.45) is 0. The molecular formula is C97H72BN5O. The van der Waals surface area contributed by atoms with Crippen molar-refractivity contribution >= 4 is 123 Å². The lowest BCUT2D eigenvalue weighted by molar-refractivity contribution is 0.590. The Morgan fingerprint density at radius 3 is 1.42 bits per heavy atom. The zero-order chi connectivity index (χ0) is 69.7. The summed E-state index contributed by atoms with van der Waals surface area (Å²) in [6.45, 7) is 13.9. The van der Waals surface area contributed by atoms with Gasteiger partial charge in [0.2, 0.25) is 0 Å². The SMILES string of the molecule is CC(C)(C)c1ccc2c(c1)B1c3cc(-c4cc(-n5c6ccccc6c6ccccc65)cc(-n5c6ccccc6c6cc7oc8ccccc8c7cc65)n4)ccc3N(c3c(-c4ccccc4)cccc3-c3ccccc3)c3cc(C(C)(C)C)cc(c31)N2c1ccc(-c2ccccc2)cc1-c1ccccc1. The molecule has 0 spiro atoms. The van der Waals surface area contributed by atoms with Crippen molar-refractivity contribution in [2.75, 3.05) is 9.80 Å². The molecule has 7 heteroatoms. The van der Waals surface area contributed by atoms with Crippen molar-refractivity contribution < 1.29 is 4.42 Å². The number of fused-ring (bicyclic) bond motifs is 13. The molecule has 0 aliphatic carbocycles. The third-order valence-electron chi connectivity index (χ3n) is 22.0. The van der Waals surface area contributed by atoms with Crippen molar-refractivity contribution in [3.8, 4) is 67.3 Å². The highest BCUT2D eigenvalue weighted by atomic mass is 16.3. The largest absolute Gasteiger partial charge is 0.456 e. The van der Waals surface area contributed by atoms with Gasteiger partial charge < -0.3 is 18.8 Å². The van der Waals surface area contributed by atoms with E-state index in [1.165, 1.54) is 43.9 Å². The van der Waals surface area contributed by atoms with Crippen molar-refractivity contribution in [1.82, 2.24) is 14.1 Å². The molecule has 0 unspecified atom stereocenters. The maximum atomic E-state index is 6.64. The molecule has 18 aromatic rings. The molecule has 2 aliphatic rings. The number of rotatable bonds is 9. The number of hydrogen-bond acceptors (Lipinski definition) is 4. The van der Waals surface area contributed by atoms with Crippen LogP contribution < -0.4 is 26.2 Å². The fourth-order valence-corrected chi connectivity index (χ4v) is 17.0. The fraction of sp³-hybridized carbons (Fsp3) is 0.0825. The Morgan fingerprint density at radius 2 is 0.798 bits per heavy atom. The minimum absolute atomic E-state index is 0.187. The minimum atomic E-state index is -0.279. The average molecular weight is 1330 g/mol. The lowest BCUT2D eigenvalue weighted by Gasteiger charge is -2.46. The standard InChI is InChI=1S/C97H72BN5O/c1-96(2,3)67-48-51-86-80(54-67)98-79-53-66(81-57-69(100-82-42-23-19-36-72(82)73-37-20-24-43-83(73)100)58-93(99-81)102-84-44-25-21-38-74(84)77-60-92-78(59-88(77)102)75-39-22-26-45-91(75)104-92)47-50-87(79)103(95-70(62-30-13-8-14-31-62)40-27-41-71(95)63-32-15-9-16-33-63)90-56-68(97(4,5)6)55-89(94(90)98)101(86)85-49-46-65(61-28-11-7-12-29-61)52-76(85)64-34-17-10-18-35-64/h7-60H,1-6H3. The Balaban J connectivity index is 0.915. The van der Waals surface area contributed by atoms with Gasteiger partial charge in [-0.1, -0.05) is 284 Å². The van der Waals surface area contributed by atoms with E-state index in [0.717, 1.165) is 151 Å². The van der Waals surface area contributed by atoms with Crippen LogP contribution >= 0.6 is 0 Å². The molecule has 0 saturated carbocycles. The van der Waals surface area contributed by atoms with E-state index in [9.17, 15) is 0 Å². The zero-order valence-corrected chi connectivity index (χ0v) is 58.9. The zero-order valence-electron chi connectivity index (χ0n) is 58.9. The Hall–Kier alpha value is -12.7. The third-order valence-corrected chi connectivity index (χ3v) is 22.0. The lowest BCUT2D eigenvalue weighted by Crippen LogP contribution is -2.61. The molecule has 6 heterocycles. The first kappa shape index (κ1) is 61.2. The van der Waals surface area contributed by atoms with Gasteiger partial charge in [-0.2, -0.15) is 0 Å². The van der Waals surface area contributed by atoms with Crippen LogP contribution in [0.1, 0.15) is 52.7 Å². The van der Waals surface area contributed by atoms with E-state index in [-0.39, 0.29) is 17.5 Å². The van der Waals surface area contributed by atoms with Crippen LogP contribution in [0.5, 0.6) is 0 Å². The topological polar surface area (TPSA) is 42.4 Å². The quantitative estimate of drug-likeness (QED) is 0.135. The molecule has 104 heavy (non-hydrogen) atoms. The van der Waals surface area contributed by atoms with Crippen molar-refractivity contribution in [2.45, 2.75) is 52.4 Å². The molecule has 0 fully saturated rings. The maximum absolute atomic E-state index is 6.64. The van der Waals surface area contributed by atoms with E-state index in [0.29, 0.717) is 0 Å². The number of benzene rings is 14. The van der Waals surface area contributed by atoms with Crippen LogP contribution in [-0.2, 0) is 10.8 Å². The molecule has 494 valence electrons. The van der Waals surface area contributed by atoms with Gasteiger partial charge in [-0.05, 0) is 151 Å². The number of nitrogens with zero attached hydrogens (tertiary/aromatic N) is 5. The predicted molar refractivity (Wildman–Crippen MR) is 439 cm³/mol. The molecule has 0 radical (unpaired) electrons. The Bertz CT molecular complexity index is 6400. The summed E-state index contributed by atoms with van der Waals surface area (Å²) >= 11 is 0. The van der Waals surface area contributed by atoms with E-state index in [1.54, 1.807) is 0 Å². The molecule has 0 saturated heterocycles. The molecule has 0 N–H and O–H groups in total. The molecular weight excluding hydrogens is 1260 g/mol. The summed E-state index contributed by atoms with van der Waals surface area (Å²) in [5.74, 6) is 0.810. The van der Waals surface area contributed by atoms with Gasteiger partial charge in [-0.15, -0.1) is 0 Å². The monoisotopic (exact) mass is 1330 g/mol. The van der Waals surface area contributed by atoms with Gasteiger partial charge in [-0.25, -0.2) is 4.98 Å². The smallest absolute Gasteiger partial charge is 0.252 e. The third kappa shape index (κ3) is 9.67. The molecule has 20 rings (SSSR count). The van der Waals surface area contributed by atoms with Crippen LogP contribution in [0.4, 0.5) is 34.1 Å². The number of anilines is 6. The van der Waals surface area contributed by atoms with Gasteiger partial charge in [0, 0.05) is 77.8 Å². The predicted octanol–water partition coefficient (Wildman–Crippen LogP) is 24.2. The van der Waals surface area contributed by atoms with Crippen molar-refractivity contribution in [1.29, 1.82) is 0 Å². The molecule has 0 amide bonds. The molecule has 0 atom stereocenters. The Labute approximate surface area is 605 Å². The van der Waals surface area contributed by atoms with Gasteiger partial charge in [0.1, 0.15) is 17.0 Å². The average Bonchev–Trinajstić information content (AvgIpc) is 1.01. The fourth-order valence-electron chi connectivity index (χ4n) is 17.0. The number of para-hydroxylation sites is 5. The van der Waals surface area contributed by atoms with Crippen LogP contribution in [0.3, 0.4) is 0 Å². The first-order valence-electron chi connectivity index (χ1n) is 36.3. The molecule has 0 bridgehead atoms. The Kier molecular flexibility index (Phi) is 13.8. The lowest BCUT2D eigenvalue weighted by atomic mass is 9.33. The minimum Gasteiger partial charge on any atom is -0.456 e. The van der Waals surface area contributed by atoms with Crippen molar-refractivity contribution in [3.05, 3.63) is 339 Å². The number of hydrogen-bond donors (Lipinski definition) is 0. The van der Waals surface area contributed by atoms with E-state index in [4.69, 9.17) is 9.40 Å². The van der Waals surface area contributed by atoms with E-state index < -0.39 is 0 Å². The van der Waals surface area contributed by atoms with Gasteiger partial charge >= 0.3 is 0 Å². The molecule has 6 nitrogen and oxygen atoms in total. The highest BCUT2D eigenvalue weighted by molar-refractivity contribution is 7.00. The van der Waals surface area contributed by atoms with Crippen LogP contribution in [0.2, 0.25) is 0 Å². The first-order valence-corrected chi connectivity index (χ1v) is 36.3. The highest BCUT2D eigenvalue weighted by Crippen LogP contribution is 2.53. The number of furan rings is 1. The number of pyridine rings is 1. The molecule has 2 aliphatic heterocycles. The van der Waals surface area contributed by atoms with Crippen molar-refractivity contribution in [2.24, 2.45) is 0 Å². The molecule has 4 aromatic heterocycles.